The smallest absolute Gasteiger partial charge is 0.253 e. The lowest BCUT2D eigenvalue weighted by atomic mass is 9.98. The van der Waals surface area contributed by atoms with Gasteiger partial charge in [-0.25, -0.2) is 0 Å². The van der Waals surface area contributed by atoms with Gasteiger partial charge in [0.2, 0.25) is 12.8 Å². The maximum Gasteiger partial charge on any atom is 0.253 e. The van der Waals surface area contributed by atoms with Crippen LogP contribution in [0.1, 0.15) is 59.0 Å². The standard InChI is InChI=1S/C35H46I4N6O14/c1-16-22(32(56)40-3-5-46)27(37)31(28(38)23(16)34(58)42-18(10-48)11-49)45(15-53)9-21(55)7-20(54)8-44(14-52)30-17(2)24(35(59)43-19(12-50)13-51)26(36)25(29(30)39)33(57)41-4-6-47/h14-15,18-21,46-51,54-55H,3-13H2,1-2H3,(H,40,56)(H,41,57)(H,42,58)(H,43,59). The van der Waals surface area contributed by atoms with Gasteiger partial charge in [0.1, 0.15) is 0 Å². The molecule has 2 unspecified atom stereocenters. The average Bonchev–Trinajstić information content (AvgIpc) is 3.19. The highest BCUT2D eigenvalue weighted by molar-refractivity contribution is 14.1. The molecule has 20 nitrogen and oxygen atoms in total. The average molecular weight is 1280 g/mol. The third-order valence-corrected chi connectivity index (χ3v) is 12.9. The first kappa shape index (κ1) is 53.0. The van der Waals surface area contributed by atoms with E-state index in [0.717, 1.165) is 9.80 Å². The van der Waals surface area contributed by atoms with Crippen LogP contribution in [0.25, 0.3) is 0 Å². The molecule has 0 fully saturated rings. The Morgan fingerprint density at radius 1 is 0.559 bits per heavy atom. The molecule has 0 bridgehead atoms. The fourth-order valence-corrected chi connectivity index (χ4v) is 11.7. The molecule has 328 valence electrons. The highest BCUT2D eigenvalue weighted by Crippen LogP contribution is 2.38. The second kappa shape index (κ2) is 25.7. The van der Waals surface area contributed by atoms with E-state index in [2.05, 4.69) is 21.3 Å². The molecule has 59 heavy (non-hydrogen) atoms. The minimum atomic E-state index is -1.50. The number of rotatable bonds is 24. The van der Waals surface area contributed by atoms with E-state index in [4.69, 9.17) is 0 Å². The fourth-order valence-electron chi connectivity index (χ4n) is 5.80. The van der Waals surface area contributed by atoms with Crippen molar-refractivity contribution < 1.29 is 69.6 Å². The van der Waals surface area contributed by atoms with E-state index < -0.39 is 107 Å². The second-order valence-corrected chi connectivity index (χ2v) is 17.1. The van der Waals surface area contributed by atoms with Crippen molar-refractivity contribution in [2.45, 2.75) is 44.6 Å². The van der Waals surface area contributed by atoms with E-state index in [0.29, 0.717) is 12.8 Å². The molecule has 2 rings (SSSR count). The lowest BCUT2D eigenvalue weighted by molar-refractivity contribution is -0.108. The van der Waals surface area contributed by atoms with E-state index in [1.54, 1.807) is 90.4 Å². The van der Waals surface area contributed by atoms with Gasteiger partial charge in [-0.2, -0.15) is 0 Å². The van der Waals surface area contributed by atoms with Crippen LogP contribution in [0.2, 0.25) is 0 Å². The van der Waals surface area contributed by atoms with E-state index in [1.807, 2.05) is 0 Å². The third-order valence-electron chi connectivity index (χ3n) is 8.64. The summed E-state index contributed by atoms with van der Waals surface area (Å²) in [5.41, 5.74) is 0.211. The highest BCUT2D eigenvalue weighted by Gasteiger charge is 2.33. The Bertz CT molecular complexity index is 1720. The van der Waals surface area contributed by atoms with Crippen LogP contribution in [-0.2, 0) is 9.59 Å². The van der Waals surface area contributed by atoms with Crippen molar-refractivity contribution in [2.24, 2.45) is 0 Å². The third kappa shape index (κ3) is 13.4. The van der Waals surface area contributed by atoms with E-state index in [1.165, 1.54) is 13.8 Å². The highest BCUT2D eigenvalue weighted by atomic mass is 127. The monoisotopic (exact) mass is 1280 g/mol. The molecule has 2 aromatic rings. The Morgan fingerprint density at radius 2 is 0.915 bits per heavy atom. The molecule has 0 aliphatic carbocycles. The Hall–Kier alpha value is -2.14. The van der Waals surface area contributed by atoms with Crippen molar-refractivity contribution in [3.8, 4) is 0 Å². The van der Waals surface area contributed by atoms with Gasteiger partial charge in [0.25, 0.3) is 23.6 Å². The van der Waals surface area contributed by atoms with Gasteiger partial charge in [0.05, 0.1) is 121 Å². The molecule has 0 heterocycles. The lowest BCUT2D eigenvalue weighted by Gasteiger charge is -2.30. The van der Waals surface area contributed by atoms with Crippen LogP contribution >= 0.6 is 90.4 Å². The summed E-state index contributed by atoms with van der Waals surface area (Å²) in [6, 6.07) is -2.11. The van der Waals surface area contributed by atoms with Crippen molar-refractivity contribution in [2.75, 3.05) is 75.6 Å². The molecule has 0 spiro atoms. The largest absolute Gasteiger partial charge is 0.395 e. The summed E-state index contributed by atoms with van der Waals surface area (Å²) in [5, 5.41) is 89.3. The first-order valence-corrected chi connectivity index (χ1v) is 21.9. The maximum atomic E-state index is 13.5. The number of aliphatic hydroxyl groups is 8. The van der Waals surface area contributed by atoms with Crippen LogP contribution in [0.5, 0.6) is 0 Å². The Balaban J connectivity index is 2.60. The molecule has 0 saturated heterocycles. The number of nitrogens with zero attached hydrogens (tertiary/aromatic N) is 2. The first-order chi connectivity index (χ1) is 27.9. The number of benzene rings is 2. The van der Waals surface area contributed by atoms with Gasteiger partial charge in [-0.3, -0.25) is 28.8 Å². The number of anilines is 2. The zero-order chi connectivity index (χ0) is 44.7. The van der Waals surface area contributed by atoms with Gasteiger partial charge in [-0.1, -0.05) is 0 Å². The van der Waals surface area contributed by atoms with E-state index in [9.17, 15) is 69.6 Å². The fraction of sp³-hybridized carbons (Fsp3) is 0.486. The molecule has 2 aromatic carbocycles. The summed E-state index contributed by atoms with van der Waals surface area (Å²) < 4.78 is 0.698. The molecular formula is C35H46I4N6O14. The van der Waals surface area contributed by atoms with Crippen molar-refractivity contribution in [3.05, 3.63) is 47.7 Å². The number of carbonyl (C=O) groups excluding carboxylic acids is 6. The van der Waals surface area contributed by atoms with Crippen molar-refractivity contribution >= 4 is 138 Å². The summed E-state index contributed by atoms with van der Waals surface area (Å²) in [6.45, 7) is -1.52. The second-order valence-electron chi connectivity index (χ2n) is 12.8. The number of nitrogens with one attached hydrogen (secondary N) is 4. The van der Waals surface area contributed by atoms with Crippen LogP contribution in [0.4, 0.5) is 11.4 Å². The predicted molar refractivity (Wildman–Crippen MR) is 246 cm³/mol. The SMILES string of the molecule is Cc1c(C(=O)NCCO)c(I)c(N(C=O)CC(O)CC(O)CN(C=O)c2c(C)c(C(=O)NC(CO)CO)c(I)c(C(=O)NCCO)c2I)c(I)c1C(=O)NC(CO)CO. The Labute approximate surface area is 393 Å². The molecule has 0 aliphatic rings. The maximum absolute atomic E-state index is 13.5. The molecule has 24 heteroatoms. The first-order valence-electron chi connectivity index (χ1n) is 17.6. The number of hydrogen-bond acceptors (Lipinski definition) is 14. The Morgan fingerprint density at radius 3 is 1.31 bits per heavy atom. The van der Waals surface area contributed by atoms with E-state index in [-0.39, 0.29) is 72.1 Å². The normalized spacial score (nSPS) is 12.2. The van der Waals surface area contributed by atoms with E-state index >= 15 is 0 Å². The van der Waals surface area contributed by atoms with Crippen LogP contribution in [0, 0.1) is 28.1 Å². The summed E-state index contributed by atoms with van der Waals surface area (Å²) >= 11 is 7.18. The molecule has 2 atom stereocenters. The molecule has 12 N–H and O–H groups in total. The molecule has 0 aromatic heterocycles. The summed E-state index contributed by atoms with van der Waals surface area (Å²) in [7, 11) is 0. The van der Waals surface area contributed by atoms with Gasteiger partial charge in [-0.05, 0) is 115 Å². The van der Waals surface area contributed by atoms with Gasteiger partial charge in [0, 0.05) is 23.1 Å². The lowest BCUT2D eigenvalue weighted by Crippen LogP contribution is -2.42. The van der Waals surface area contributed by atoms with Crippen molar-refractivity contribution in [1.82, 2.24) is 21.3 Å². The van der Waals surface area contributed by atoms with Gasteiger partial charge in [-0.15, -0.1) is 0 Å². The summed E-state index contributed by atoms with van der Waals surface area (Å²) in [4.78, 5) is 81.0. The quantitative estimate of drug-likeness (QED) is 0.0403. The minimum Gasteiger partial charge on any atom is -0.395 e. The minimum absolute atomic E-state index is 0.0321. The van der Waals surface area contributed by atoms with Gasteiger partial charge >= 0.3 is 0 Å². The molecule has 0 saturated carbocycles. The summed E-state index contributed by atoms with van der Waals surface area (Å²) in [5.74, 6) is -2.97. The molecule has 6 amide bonds. The zero-order valence-electron chi connectivity index (χ0n) is 31.7. The van der Waals surface area contributed by atoms with Crippen LogP contribution in [0.3, 0.4) is 0 Å². The summed E-state index contributed by atoms with van der Waals surface area (Å²) in [6.07, 6.45) is -2.76. The predicted octanol–water partition coefficient (Wildman–Crippen LogP) is -1.93. The van der Waals surface area contributed by atoms with Crippen LogP contribution < -0.4 is 31.1 Å². The van der Waals surface area contributed by atoms with Crippen molar-refractivity contribution in [3.63, 3.8) is 0 Å². The van der Waals surface area contributed by atoms with Crippen molar-refractivity contribution in [1.29, 1.82) is 0 Å². The Kier molecular flexibility index (Phi) is 23.1. The number of aliphatic hydroxyl groups excluding tert-OH is 8. The zero-order valence-corrected chi connectivity index (χ0v) is 40.3. The number of hydrogen-bond donors (Lipinski definition) is 12. The topological polar surface area (TPSA) is 319 Å². The van der Waals surface area contributed by atoms with Gasteiger partial charge < -0.3 is 71.9 Å². The molecular weight excluding hydrogens is 1240 g/mol. The number of halogens is 4. The van der Waals surface area contributed by atoms with Gasteiger partial charge in [0.15, 0.2) is 0 Å². The molecule has 0 radical (unpaired) electrons. The number of amides is 6. The van der Waals surface area contributed by atoms with Crippen LogP contribution in [0.15, 0.2) is 0 Å². The number of carbonyl (C=O) groups is 6. The van der Waals surface area contributed by atoms with Crippen LogP contribution in [-0.4, -0.2) is 167 Å². The molecule has 0 aliphatic heterocycles.